The van der Waals surface area contributed by atoms with Crippen LogP contribution in [0.3, 0.4) is 0 Å². The van der Waals surface area contributed by atoms with Crippen LogP contribution in [-0.2, 0) is 10.0 Å². The molecule has 4 nitrogen and oxygen atoms in total. The van der Waals surface area contributed by atoms with Gasteiger partial charge in [0.25, 0.3) is 0 Å². The van der Waals surface area contributed by atoms with E-state index in [0.29, 0.717) is 13.1 Å². The molecule has 2 rings (SSSR count). The average Bonchev–Trinajstić information content (AvgIpc) is 2.38. The molecule has 1 aliphatic rings. The summed E-state index contributed by atoms with van der Waals surface area (Å²) in [5, 5.41) is 0.261. The first kappa shape index (κ1) is 14.8. The van der Waals surface area contributed by atoms with Crippen molar-refractivity contribution >= 4 is 21.6 Å². The van der Waals surface area contributed by atoms with Gasteiger partial charge >= 0.3 is 0 Å². The van der Waals surface area contributed by atoms with Crippen molar-refractivity contribution in [1.82, 2.24) is 4.31 Å². The number of sulfonamides is 1. The Bertz CT molecular complexity index is 547. The van der Waals surface area contributed by atoms with Crippen LogP contribution in [0.25, 0.3) is 0 Å². The number of nitrogens with zero attached hydrogens (tertiary/aromatic N) is 1. The average molecular weight is 303 g/mol. The van der Waals surface area contributed by atoms with Crippen molar-refractivity contribution < 1.29 is 8.42 Å². The van der Waals surface area contributed by atoms with E-state index >= 15 is 0 Å². The maximum absolute atomic E-state index is 12.7. The van der Waals surface area contributed by atoms with E-state index in [1.807, 2.05) is 6.92 Å². The second-order valence-electron chi connectivity index (χ2n) is 4.97. The number of halogens is 1. The molecule has 1 aromatic carbocycles. The molecule has 106 valence electrons. The van der Waals surface area contributed by atoms with E-state index in [1.165, 1.54) is 4.31 Å². The molecule has 0 aromatic heterocycles. The van der Waals surface area contributed by atoms with Gasteiger partial charge in [0.15, 0.2) is 0 Å². The first-order chi connectivity index (χ1) is 8.98. The molecule has 2 atom stereocenters. The SMILES string of the molecule is C[C@@H]1CCCN(S(=O)(=O)c2ccccc2Cl)[C@@H]1CN. The Kier molecular flexibility index (Phi) is 4.50. The van der Waals surface area contributed by atoms with Gasteiger partial charge in [-0.15, -0.1) is 0 Å². The standard InChI is InChI=1S/C13H19ClN2O2S/c1-10-5-4-8-16(12(10)9-15)19(17,18)13-7-3-2-6-11(13)14/h2-3,6-7,10,12H,4-5,8-9,15H2,1H3/t10-,12-/m1/s1. The Morgan fingerprint density at radius 2 is 2.11 bits per heavy atom. The third-order valence-electron chi connectivity index (χ3n) is 3.73. The molecule has 1 saturated heterocycles. The van der Waals surface area contributed by atoms with Gasteiger partial charge in [-0.05, 0) is 30.9 Å². The van der Waals surface area contributed by atoms with Crippen molar-refractivity contribution in [3.05, 3.63) is 29.3 Å². The predicted octanol–water partition coefficient (Wildman–Crippen LogP) is 2.09. The normalized spacial score (nSPS) is 25.4. The number of hydrogen-bond donors (Lipinski definition) is 1. The summed E-state index contributed by atoms with van der Waals surface area (Å²) in [6, 6.07) is 6.41. The molecule has 1 heterocycles. The smallest absolute Gasteiger partial charge is 0.244 e. The molecule has 0 spiro atoms. The molecule has 0 radical (unpaired) electrons. The molecule has 1 fully saturated rings. The summed E-state index contributed by atoms with van der Waals surface area (Å²) in [4.78, 5) is 0.171. The van der Waals surface area contributed by atoms with Gasteiger partial charge in [-0.25, -0.2) is 8.42 Å². The van der Waals surface area contributed by atoms with Gasteiger partial charge in [-0.2, -0.15) is 4.31 Å². The van der Waals surface area contributed by atoms with E-state index in [-0.39, 0.29) is 21.9 Å². The quantitative estimate of drug-likeness (QED) is 0.930. The van der Waals surface area contributed by atoms with Gasteiger partial charge in [0.1, 0.15) is 4.90 Å². The van der Waals surface area contributed by atoms with Crippen molar-refractivity contribution in [3.8, 4) is 0 Å². The second kappa shape index (κ2) is 5.79. The van der Waals surface area contributed by atoms with E-state index in [2.05, 4.69) is 0 Å². The summed E-state index contributed by atoms with van der Waals surface area (Å²) in [5.74, 6) is 0.274. The lowest BCUT2D eigenvalue weighted by atomic mass is 9.93. The molecule has 2 N–H and O–H groups in total. The minimum absolute atomic E-state index is 0.143. The van der Waals surface area contributed by atoms with Crippen LogP contribution in [0.5, 0.6) is 0 Å². The number of hydrogen-bond acceptors (Lipinski definition) is 3. The number of rotatable bonds is 3. The van der Waals surface area contributed by atoms with Gasteiger partial charge in [0, 0.05) is 19.1 Å². The van der Waals surface area contributed by atoms with Crippen LogP contribution in [0.2, 0.25) is 5.02 Å². The zero-order valence-electron chi connectivity index (χ0n) is 10.9. The number of piperidine rings is 1. The summed E-state index contributed by atoms with van der Waals surface area (Å²) >= 11 is 6.02. The Hall–Kier alpha value is -0.620. The summed E-state index contributed by atoms with van der Waals surface area (Å²) in [7, 11) is -3.57. The second-order valence-corrected chi connectivity index (χ2v) is 7.23. The third-order valence-corrected chi connectivity index (χ3v) is 6.15. The van der Waals surface area contributed by atoms with E-state index < -0.39 is 10.0 Å². The summed E-state index contributed by atoms with van der Waals surface area (Å²) in [5.41, 5.74) is 5.76. The summed E-state index contributed by atoms with van der Waals surface area (Å²) in [6.45, 7) is 2.90. The van der Waals surface area contributed by atoms with Gasteiger partial charge < -0.3 is 5.73 Å². The molecule has 0 bridgehead atoms. The number of nitrogens with two attached hydrogens (primary N) is 1. The molecule has 6 heteroatoms. The van der Waals surface area contributed by atoms with Crippen molar-refractivity contribution in [2.45, 2.75) is 30.7 Å². The highest BCUT2D eigenvalue weighted by atomic mass is 35.5. The lowest BCUT2D eigenvalue weighted by Crippen LogP contribution is -2.51. The molecular formula is C13H19ClN2O2S. The topological polar surface area (TPSA) is 63.4 Å². The molecule has 0 unspecified atom stereocenters. The Morgan fingerprint density at radius 1 is 1.42 bits per heavy atom. The Balaban J connectivity index is 2.41. The van der Waals surface area contributed by atoms with E-state index in [9.17, 15) is 8.42 Å². The van der Waals surface area contributed by atoms with Gasteiger partial charge in [0.05, 0.1) is 5.02 Å². The highest BCUT2D eigenvalue weighted by molar-refractivity contribution is 7.89. The molecule has 0 amide bonds. The largest absolute Gasteiger partial charge is 0.329 e. The highest BCUT2D eigenvalue weighted by Gasteiger charge is 2.37. The van der Waals surface area contributed by atoms with Crippen LogP contribution < -0.4 is 5.73 Å². The van der Waals surface area contributed by atoms with E-state index in [1.54, 1.807) is 24.3 Å². The maximum atomic E-state index is 12.7. The fourth-order valence-electron chi connectivity index (χ4n) is 2.64. The van der Waals surface area contributed by atoms with E-state index in [4.69, 9.17) is 17.3 Å². The zero-order chi connectivity index (χ0) is 14.0. The first-order valence-electron chi connectivity index (χ1n) is 6.45. The van der Waals surface area contributed by atoms with Crippen LogP contribution in [0.4, 0.5) is 0 Å². The fraction of sp³-hybridized carbons (Fsp3) is 0.538. The lowest BCUT2D eigenvalue weighted by molar-refractivity contribution is 0.192. The summed E-state index contributed by atoms with van der Waals surface area (Å²) in [6.07, 6.45) is 1.87. The minimum Gasteiger partial charge on any atom is -0.329 e. The molecule has 0 saturated carbocycles. The van der Waals surface area contributed by atoms with Crippen LogP contribution in [0.1, 0.15) is 19.8 Å². The van der Waals surface area contributed by atoms with Gasteiger partial charge in [0.2, 0.25) is 10.0 Å². The molecule has 0 aliphatic carbocycles. The fourth-order valence-corrected chi connectivity index (χ4v) is 4.91. The monoisotopic (exact) mass is 302 g/mol. The van der Waals surface area contributed by atoms with Crippen molar-refractivity contribution in [3.63, 3.8) is 0 Å². The minimum atomic E-state index is -3.57. The maximum Gasteiger partial charge on any atom is 0.244 e. The molecule has 1 aliphatic heterocycles. The Morgan fingerprint density at radius 3 is 2.74 bits per heavy atom. The van der Waals surface area contributed by atoms with Crippen LogP contribution in [0.15, 0.2) is 29.2 Å². The van der Waals surface area contributed by atoms with Gasteiger partial charge in [-0.1, -0.05) is 30.7 Å². The van der Waals surface area contributed by atoms with Crippen LogP contribution in [-0.4, -0.2) is 31.9 Å². The van der Waals surface area contributed by atoms with Crippen LogP contribution >= 0.6 is 11.6 Å². The van der Waals surface area contributed by atoms with Crippen LogP contribution in [0, 0.1) is 5.92 Å². The Labute approximate surface area is 119 Å². The summed E-state index contributed by atoms with van der Waals surface area (Å²) < 4.78 is 26.9. The van der Waals surface area contributed by atoms with Crippen molar-refractivity contribution in [2.75, 3.05) is 13.1 Å². The molecule has 1 aromatic rings. The highest BCUT2D eigenvalue weighted by Crippen LogP contribution is 2.31. The number of benzene rings is 1. The van der Waals surface area contributed by atoms with Crippen molar-refractivity contribution in [1.29, 1.82) is 0 Å². The predicted molar refractivity (Wildman–Crippen MR) is 76.6 cm³/mol. The lowest BCUT2D eigenvalue weighted by Gasteiger charge is -2.38. The molecule has 19 heavy (non-hydrogen) atoms. The van der Waals surface area contributed by atoms with E-state index in [0.717, 1.165) is 12.8 Å². The zero-order valence-corrected chi connectivity index (χ0v) is 12.5. The molecular weight excluding hydrogens is 284 g/mol. The third kappa shape index (κ3) is 2.79. The van der Waals surface area contributed by atoms with Gasteiger partial charge in [-0.3, -0.25) is 0 Å². The van der Waals surface area contributed by atoms with Crippen molar-refractivity contribution in [2.24, 2.45) is 11.7 Å². The first-order valence-corrected chi connectivity index (χ1v) is 8.26.